The van der Waals surface area contributed by atoms with Gasteiger partial charge in [0.1, 0.15) is 11.4 Å². The Kier molecular flexibility index (Phi) is 4.45. The number of hydrogen-bond acceptors (Lipinski definition) is 5. The van der Waals surface area contributed by atoms with Gasteiger partial charge < -0.3 is 15.2 Å². The van der Waals surface area contributed by atoms with Crippen molar-refractivity contribution in [1.82, 2.24) is 19.9 Å². The molecular formula is C16H19N5O3. The van der Waals surface area contributed by atoms with E-state index in [0.717, 1.165) is 48.1 Å². The summed E-state index contributed by atoms with van der Waals surface area (Å²) in [5.41, 5.74) is -0.364. The van der Waals surface area contributed by atoms with E-state index in [-0.39, 0.29) is 12.1 Å². The van der Waals surface area contributed by atoms with E-state index in [1.54, 1.807) is 6.20 Å². The molecule has 1 fully saturated rings. The van der Waals surface area contributed by atoms with Crippen LogP contribution < -0.4 is 21.5 Å². The van der Waals surface area contributed by atoms with Crippen LogP contribution in [0, 0.1) is 0 Å². The molecule has 0 saturated carbocycles. The Labute approximate surface area is 138 Å². The number of rotatable bonds is 4. The van der Waals surface area contributed by atoms with Gasteiger partial charge in [0, 0.05) is 39.1 Å². The van der Waals surface area contributed by atoms with Crippen molar-refractivity contribution in [2.24, 2.45) is 7.05 Å². The first-order valence-corrected chi connectivity index (χ1v) is 7.83. The number of nitrogens with one attached hydrogen (secondary N) is 2. The lowest BCUT2D eigenvalue weighted by molar-refractivity contribution is 0.0948. The molecule has 2 aromatic rings. The first kappa shape index (κ1) is 16.0. The van der Waals surface area contributed by atoms with Gasteiger partial charge in [-0.05, 0) is 30.5 Å². The van der Waals surface area contributed by atoms with Crippen molar-refractivity contribution in [2.45, 2.75) is 19.4 Å². The lowest BCUT2D eigenvalue weighted by Gasteiger charge is -2.17. The molecule has 24 heavy (non-hydrogen) atoms. The van der Waals surface area contributed by atoms with Crippen LogP contribution in [0.25, 0.3) is 0 Å². The molecular weight excluding hydrogens is 310 g/mol. The molecule has 3 rings (SSSR count). The normalized spacial score (nSPS) is 14.0. The second-order valence-corrected chi connectivity index (χ2v) is 5.77. The van der Waals surface area contributed by atoms with E-state index in [9.17, 15) is 14.4 Å². The number of pyridine rings is 1. The third-order valence-electron chi connectivity index (χ3n) is 4.12. The van der Waals surface area contributed by atoms with Crippen molar-refractivity contribution in [3.05, 3.63) is 56.5 Å². The molecule has 0 bridgehead atoms. The third kappa shape index (κ3) is 3.22. The van der Waals surface area contributed by atoms with E-state index in [0.29, 0.717) is 0 Å². The summed E-state index contributed by atoms with van der Waals surface area (Å²) in [4.78, 5) is 44.4. The fourth-order valence-corrected chi connectivity index (χ4v) is 2.70. The van der Waals surface area contributed by atoms with E-state index >= 15 is 0 Å². The number of amides is 1. The van der Waals surface area contributed by atoms with Gasteiger partial charge in [-0.2, -0.15) is 0 Å². The molecule has 0 aliphatic carbocycles. The molecule has 1 aliphatic heterocycles. The fourth-order valence-electron chi connectivity index (χ4n) is 2.70. The van der Waals surface area contributed by atoms with Crippen molar-refractivity contribution in [2.75, 3.05) is 18.0 Å². The molecule has 126 valence electrons. The maximum absolute atomic E-state index is 12.2. The summed E-state index contributed by atoms with van der Waals surface area (Å²) in [5.74, 6) is 0.380. The van der Waals surface area contributed by atoms with Crippen molar-refractivity contribution in [3.63, 3.8) is 0 Å². The molecule has 8 nitrogen and oxygen atoms in total. The van der Waals surface area contributed by atoms with Crippen LogP contribution in [-0.4, -0.2) is 33.5 Å². The van der Waals surface area contributed by atoms with Gasteiger partial charge in [0.05, 0.1) is 0 Å². The van der Waals surface area contributed by atoms with Crippen molar-refractivity contribution >= 4 is 11.7 Å². The average Bonchev–Trinajstić information content (AvgIpc) is 3.13. The van der Waals surface area contributed by atoms with Crippen LogP contribution in [0.2, 0.25) is 0 Å². The highest BCUT2D eigenvalue weighted by Crippen LogP contribution is 2.18. The molecule has 3 heterocycles. The summed E-state index contributed by atoms with van der Waals surface area (Å²) in [6.45, 7) is 2.27. The number of hydrogen-bond donors (Lipinski definition) is 2. The van der Waals surface area contributed by atoms with E-state index < -0.39 is 17.2 Å². The molecule has 1 saturated heterocycles. The third-order valence-corrected chi connectivity index (χ3v) is 4.12. The Hall–Kier alpha value is -2.90. The molecule has 2 N–H and O–H groups in total. The van der Waals surface area contributed by atoms with E-state index in [4.69, 9.17) is 0 Å². The van der Waals surface area contributed by atoms with Gasteiger partial charge >= 0.3 is 5.69 Å². The Morgan fingerprint density at radius 2 is 2.08 bits per heavy atom. The second kappa shape index (κ2) is 6.69. The topological polar surface area (TPSA) is 100 Å². The zero-order valence-corrected chi connectivity index (χ0v) is 13.4. The van der Waals surface area contributed by atoms with Gasteiger partial charge in [-0.25, -0.2) is 9.78 Å². The summed E-state index contributed by atoms with van der Waals surface area (Å²) in [6, 6.07) is 3.77. The van der Waals surface area contributed by atoms with E-state index in [2.05, 4.69) is 20.2 Å². The van der Waals surface area contributed by atoms with E-state index in [1.807, 2.05) is 12.1 Å². The Morgan fingerprint density at radius 3 is 2.83 bits per heavy atom. The van der Waals surface area contributed by atoms with Crippen molar-refractivity contribution in [1.29, 1.82) is 0 Å². The minimum absolute atomic E-state index is 0.0917. The Morgan fingerprint density at radius 1 is 1.33 bits per heavy atom. The molecule has 2 aromatic heterocycles. The smallest absolute Gasteiger partial charge is 0.328 e. The molecule has 1 amide bonds. The zero-order chi connectivity index (χ0) is 17.1. The zero-order valence-electron chi connectivity index (χ0n) is 13.4. The molecule has 8 heteroatoms. The van der Waals surface area contributed by atoms with Crippen LogP contribution in [0.1, 0.15) is 28.8 Å². The van der Waals surface area contributed by atoms with E-state index in [1.165, 1.54) is 7.05 Å². The number of aromatic nitrogens is 3. The van der Waals surface area contributed by atoms with Gasteiger partial charge in [0.15, 0.2) is 0 Å². The summed E-state index contributed by atoms with van der Waals surface area (Å²) >= 11 is 0. The summed E-state index contributed by atoms with van der Waals surface area (Å²) < 4.78 is 0.868. The molecule has 0 aromatic carbocycles. The van der Waals surface area contributed by atoms with Crippen LogP contribution >= 0.6 is 0 Å². The van der Waals surface area contributed by atoms with Crippen LogP contribution in [-0.2, 0) is 13.6 Å². The molecule has 1 aliphatic rings. The van der Waals surface area contributed by atoms with Crippen LogP contribution in [0.3, 0.4) is 0 Å². The first-order valence-electron chi connectivity index (χ1n) is 7.83. The van der Waals surface area contributed by atoms with Gasteiger partial charge in [-0.15, -0.1) is 0 Å². The van der Waals surface area contributed by atoms with Gasteiger partial charge in [0.25, 0.3) is 11.5 Å². The number of carbonyl (C=O) groups is 1. The number of anilines is 1. The lowest BCUT2D eigenvalue weighted by Crippen LogP contribution is -2.38. The van der Waals surface area contributed by atoms with Gasteiger partial charge in [0.2, 0.25) is 0 Å². The SMILES string of the molecule is Cn1c(=O)[nH]cc(C(=O)NCc2ccnc(N3CCCC3)c2)c1=O. The van der Waals surface area contributed by atoms with Crippen molar-refractivity contribution in [3.8, 4) is 0 Å². The minimum Gasteiger partial charge on any atom is -0.357 e. The molecule has 0 spiro atoms. The number of nitrogens with zero attached hydrogens (tertiary/aromatic N) is 3. The standard InChI is InChI=1S/C16H19N5O3/c1-20-15(23)12(10-19-16(20)24)14(22)18-9-11-4-5-17-13(8-11)21-6-2-3-7-21/h4-5,8,10H,2-3,6-7,9H2,1H3,(H,18,22)(H,19,24). The van der Waals surface area contributed by atoms with Crippen molar-refractivity contribution < 1.29 is 4.79 Å². The van der Waals surface area contributed by atoms with Gasteiger partial charge in [-0.3, -0.25) is 14.2 Å². The summed E-state index contributed by atoms with van der Waals surface area (Å²) in [5, 5.41) is 2.70. The Bertz CT molecular complexity index is 865. The predicted molar refractivity (Wildman–Crippen MR) is 89.2 cm³/mol. The highest BCUT2D eigenvalue weighted by Gasteiger charge is 2.15. The van der Waals surface area contributed by atoms with Crippen LogP contribution in [0.4, 0.5) is 5.82 Å². The number of aromatic amines is 1. The fraction of sp³-hybridized carbons (Fsp3) is 0.375. The summed E-state index contributed by atoms with van der Waals surface area (Å²) in [7, 11) is 1.32. The monoisotopic (exact) mass is 329 g/mol. The average molecular weight is 329 g/mol. The minimum atomic E-state index is -0.622. The largest absolute Gasteiger partial charge is 0.357 e. The number of carbonyl (C=O) groups excluding carboxylic acids is 1. The molecule has 0 unspecified atom stereocenters. The first-order chi connectivity index (χ1) is 11.6. The maximum Gasteiger partial charge on any atom is 0.328 e. The van der Waals surface area contributed by atoms with Crippen LogP contribution in [0.5, 0.6) is 0 Å². The highest BCUT2D eigenvalue weighted by molar-refractivity contribution is 5.93. The number of H-pyrrole nitrogens is 1. The quantitative estimate of drug-likeness (QED) is 0.822. The van der Waals surface area contributed by atoms with Gasteiger partial charge in [-0.1, -0.05) is 0 Å². The predicted octanol–water partition coefficient (Wildman–Crippen LogP) is -0.00120. The second-order valence-electron chi connectivity index (χ2n) is 5.77. The lowest BCUT2D eigenvalue weighted by atomic mass is 10.2. The highest BCUT2D eigenvalue weighted by atomic mass is 16.2. The Balaban J connectivity index is 1.71. The maximum atomic E-state index is 12.2. The molecule has 0 radical (unpaired) electrons. The van der Waals surface area contributed by atoms with Crippen LogP contribution in [0.15, 0.2) is 34.1 Å². The summed E-state index contributed by atoms with van der Waals surface area (Å²) in [6.07, 6.45) is 5.19. The molecule has 0 atom stereocenters.